The molecule has 0 saturated carbocycles. The second-order valence-corrected chi connectivity index (χ2v) is 5.81. The van der Waals surface area contributed by atoms with Gasteiger partial charge in [-0.1, -0.05) is 42.5 Å². The molecule has 0 saturated heterocycles. The van der Waals surface area contributed by atoms with Crippen LogP contribution in [0.3, 0.4) is 0 Å². The second-order valence-electron chi connectivity index (χ2n) is 5.81. The van der Waals surface area contributed by atoms with Crippen LogP contribution in [0.1, 0.15) is 11.3 Å². The maximum absolute atomic E-state index is 12.2. The Morgan fingerprint density at radius 2 is 1.82 bits per heavy atom. The number of carbonyl (C=O) groups excluding carboxylic acids is 1. The smallest absolute Gasteiger partial charge is 0.280 e. The highest BCUT2D eigenvalue weighted by Crippen LogP contribution is 2.31. The molecule has 2 aromatic carbocycles. The third-order valence-corrected chi connectivity index (χ3v) is 3.94. The Morgan fingerprint density at radius 3 is 2.54 bits per heavy atom. The van der Waals surface area contributed by atoms with Crippen LogP contribution in [0, 0.1) is 21.4 Å². The Labute approximate surface area is 160 Å². The molecule has 7 heteroatoms. The molecule has 3 rings (SSSR count). The van der Waals surface area contributed by atoms with Gasteiger partial charge in [-0.2, -0.15) is 5.26 Å². The molecule has 0 spiro atoms. The fourth-order valence-electron chi connectivity index (χ4n) is 2.58. The molecule has 3 aromatic rings. The zero-order valence-electron chi connectivity index (χ0n) is 14.7. The fraction of sp³-hybridized carbons (Fsp3) is 0.0476. The minimum atomic E-state index is -0.532. The first-order valence-electron chi connectivity index (χ1n) is 8.36. The number of nitrogens with one attached hydrogen (secondary N) is 1. The van der Waals surface area contributed by atoms with Gasteiger partial charge in [0.25, 0.3) is 11.6 Å². The van der Waals surface area contributed by atoms with Crippen molar-refractivity contribution < 1.29 is 14.1 Å². The number of amides is 1. The predicted octanol–water partition coefficient (Wildman–Crippen LogP) is 4.08. The van der Waals surface area contributed by atoms with Gasteiger partial charge in [-0.3, -0.25) is 14.9 Å². The van der Waals surface area contributed by atoms with Gasteiger partial charge in [-0.05, 0) is 23.8 Å². The number of benzene rings is 2. The topological polar surface area (TPSA) is 109 Å². The first-order chi connectivity index (χ1) is 13.6. The van der Waals surface area contributed by atoms with Gasteiger partial charge in [0.2, 0.25) is 0 Å². The molecule has 0 radical (unpaired) electrons. The number of hydrogen-bond donors (Lipinski definition) is 1. The standard InChI is InChI=1S/C21H15N3O4/c22-13-16(21(25)23-14-15-6-2-1-3-7-15)12-17-10-11-20(28-17)18-8-4-5-9-19(18)24(26)27/h1-12H,14H2,(H,23,25)/b16-12-. The summed E-state index contributed by atoms with van der Waals surface area (Å²) in [6.45, 7) is 0.290. The van der Waals surface area contributed by atoms with Crippen molar-refractivity contribution in [1.29, 1.82) is 5.26 Å². The maximum Gasteiger partial charge on any atom is 0.280 e. The van der Waals surface area contributed by atoms with Crippen LogP contribution < -0.4 is 5.32 Å². The van der Waals surface area contributed by atoms with Gasteiger partial charge in [0.15, 0.2) is 0 Å². The summed E-state index contributed by atoms with van der Waals surface area (Å²) in [6.07, 6.45) is 1.30. The molecule has 0 aliphatic carbocycles. The summed E-state index contributed by atoms with van der Waals surface area (Å²) in [7, 11) is 0. The van der Waals surface area contributed by atoms with Crippen molar-refractivity contribution in [2.24, 2.45) is 0 Å². The van der Waals surface area contributed by atoms with Crippen LogP contribution in [0.25, 0.3) is 17.4 Å². The number of hydrogen-bond acceptors (Lipinski definition) is 5. The molecule has 7 nitrogen and oxygen atoms in total. The third kappa shape index (κ3) is 4.31. The Balaban J connectivity index is 1.78. The summed E-state index contributed by atoms with van der Waals surface area (Å²) < 4.78 is 5.59. The summed E-state index contributed by atoms with van der Waals surface area (Å²) in [6, 6.07) is 20.4. The van der Waals surface area contributed by atoms with Crippen molar-refractivity contribution >= 4 is 17.7 Å². The summed E-state index contributed by atoms with van der Waals surface area (Å²) in [5, 5.41) is 23.1. The number of carbonyl (C=O) groups is 1. The number of nitro benzene ring substituents is 1. The minimum Gasteiger partial charge on any atom is -0.456 e. The lowest BCUT2D eigenvalue weighted by atomic mass is 10.1. The van der Waals surface area contributed by atoms with Gasteiger partial charge >= 0.3 is 0 Å². The van der Waals surface area contributed by atoms with E-state index in [1.807, 2.05) is 36.4 Å². The van der Waals surface area contributed by atoms with Crippen molar-refractivity contribution in [2.75, 3.05) is 0 Å². The van der Waals surface area contributed by atoms with E-state index in [-0.39, 0.29) is 29.3 Å². The van der Waals surface area contributed by atoms with Gasteiger partial charge < -0.3 is 9.73 Å². The fourth-order valence-corrected chi connectivity index (χ4v) is 2.58. The Hall–Kier alpha value is -4.18. The van der Waals surface area contributed by atoms with E-state index in [1.165, 1.54) is 12.1 Å². The molecule has 0 unspecified atom stereocenters. The van der Waals surface area contributed by atoms with Crippen LogP contribution in [-0.2, 0) is 11.3 Å². The third-order valence-electron chi connectivity index (χ3n) is 3.94. The molecular formula is C21H15N3O4. The van der Waals surface area contributed by atoms with E-state index < -0.39 is 10.8 Å². The van der Waals surface area contributed by atoms with Crippen LogP contribution in [0.15, 0.2) is 76.7 Å². The predicted molar refractivity (Wildman–Crippen MR) is 103 cm³/mol. The Bertz CT molecular complexity index is 1080. The summed E-state index contributed by atoms with van der Waals surface area (Å²) in [4.78, 5) is 22.9. The lowest BCUT2D eigenvalue weighted by Crippen LogP contribution is -2.23. The van der Waals surface area contributed by atoms with E-state index in [0.717, 1.165) is 5.56 Å². The average Bonchev–Trinajstić information content (AvgIpc) is 3.19. The van der Waals surface area contributed by atoms with Crippen LogP contribution >= 0.6 is 0 Å². The number of nitro groups is 1. The first-order valence-corrected chi connectivity index (χ1v) is 8.36. The molecule has 0 aliphatic rings. The van der Waals surface area contributed by atoms with Gasteiger partial charge in [-0.25, -0.2) is 0 Å². The molecule has 138 valence electrons. The minimum absolute atomic E-state index is 0.0894. The largest absolute Gasteiger partial charge is 0.456 e. The molecular weight excluding hydrogens is 358 g/mol. The molecule has 1 aromatic heterocycles. The normalized spacial score (nSPS) is 10.9. The van der Waals surface area contributed by atoms with Gasteiger partial charge in [-0.15, -0.1) is 0 Å². The summed E-state index contributed by atoms with van der Waals surface area (Å²) in [5.74, 6) is -0.00455. The van der Waals surface area contributed by atoms with Crippen LogP contribution in [-0.4, -0.2) is 10.8 Å². The Morgan fingerprint density at radius 1 is 1.11 bits per heavy atom. The van der Waals surface area contributed by atoms with E-state index in [2.05, 4.69) is 5.32 Å². The lowest BCUT2D eigenvalue weighted by molar-refractivity contribution is -0.384. The van der Waals surface area contributed by atoms with E-state index in [9.17, 15) is 20.2 Å². The van der Waals surface area contributed by atoms with E-state index in [0.29, 0.717) is 5.56 Å². The molecule has 1 N–H and O–H groups in total. The summed E-state index contributed by atoms with van der Waals surface area (Å²) >= 11 is 0. The molecule has 1 amide bonds. The quantitative estimate of drug-likeness (QED) is 0.303. The SMILES string of the molecule is N#C/C(=C/c1ccc(-c2ccccc2[N+](=O)[O-])o1)C(=O)NCc1ccccc1. The Kier molecular flexibility index (Phi) is 5.63. The molecule has 0 atom stereocenters. The molecule has 0 bridgehead atoms. The van der Waals surface area contributed by atoms with Gasteiger partial charge in [0, 0.05) is 18.7 Å². The van der Waals surface area contributed by atoms with Crippen LogP contribution in [0.2, 0.25) is 0 Å². The first kappa shape index (κ1) is 18.6. The summed E-state index contributed by atoms with van der Waals surface area (Å²) in [5.41, 5.74) is 1.01. The van der Waals surface area contributed by atoms with Gasteiger partial charge in [0.05, 0.1) is 10.5 Å². The van der Waals surface area contributed by atoms with Crippen molar-refractivity contribution in [3.05, 3.63) is 93.7 Å². The monoisotopic (exact) mass is 373 g/mol. The van der Waals surface area contributed by atoms with Crippen molar-refractivity contribution in [1.82, 2.24) is 5.32 Å². The van der Waals surface area contributed by atoms with Crippen molar-refractivity contribution in [3.63, 3.8) is 0 Å². The van der Waals surface area contributed by atoms with E-state index >= 15 is 0 Å². The molecule has 1 heterocycles. The highest BCUT2D eigenvalue weighted by atomic mass is 16.6. The molecule has 28 heavy (non-hydrogen) atoms. The van der Waals surface area contributed by atoms with Crippen LogP contribution in [0.4, 0.5) is 5.69 Å². The number of rotatable bonds is 6. The zero-order valence-corrected chi connectivity index (χ0v) is 14.7. The van der Waals surface area contributed by atoms with Crippen LogP contribution in [0.5, 0.6) is 0 Å². The van der Waals surface area contributed by atoms with E-state index in [1.54, 1.807) is 30.3 Å². The highest BCUT2D eigenvalue weighted by Gasteiger charge is 2.17. The molecule has 0 aliphatic heterocycles. The average molecular weight is 373 g/mol. The van der Waals surface area contributed by atoms with Crippen molar-refractivity contribution in [2.45, 2.75) is 6.54 Å². The second kappa shape index (κ2) is 8.47. The maximum atomic E-state index is 12.2. The number of nitrogens with zero attached hydrogens (tertiary/aromatic N) is 2. The number of nitriles is 1. The number of para-hydroxylation sites is 1. The lowest BCUT2D eigenvalue weighted by Gasteiger charge is -2.04. The highest BCUT2D eigenvalue weighted by molar-refractivity contribution is 6.01. The number of furan rings is 1. The van der Waals surface area contributed by atoms with Gasteiger partial charge in [0.1, 0.15) is 23.2 Å². The van der Waals surface area contributed by atoms with Crippen molar-refractivity contribution in [3.8, 4) is 17.4 Å². The zero-order chi connectivity index (χ0) is 19.9. The van der Waals surface area contributed by atoms with E-state index in [4.69, 9.17) is 4.42 Å². The molecule has 0 fully saturated rings.